The number of aromatic amines is 1. The van der Waals surface area contributed by atoms with Crippen molar-refractivity contribution in [2.45, 2.75) is 18.4 Å². The molecule has 6 nitrogen and oxygen atoms in total. The van der Waals surface area contributed by atoms with Gasteiger partial charge in [0.05, 0.1) is 11.8 Å². The molecular formula is C34H29N5O. The minimum Gasteiger partial charge on any atom is -0.346 e. The van der Waals surface area contributed by atoms with Crippen LogP contribution in [0.3, 0.4) is 0 Å². The molecule has 3 aromatic heterocycles. The Morgan fingerprint density at radius 3 is 1.93 bits per heavy atom. The lowest BCUT2D eigenvalue weighted by atomic mass is 9.77. The van der Waals surface area contributed by atoms with Crippen molar-refractivity contribution in [1.82, 2.24) is 24.6 Å². The van der Waals surface area contributed by atoms with Gasteiger partial charge in [0.25, 0.3) is 5.91 Å². The number of H-pyrrole nitrogens is 1. The third kappa shape index (κ3) is 3.92. The Hall–Kier alpha value is -4.97. The average molecular weight is 524 g/mol. The number of amides is 1. The second-order valence-corrected chi connectivity index (χ2v) is 10.3. The largest absolute Gasteiger partial charge is 0.346 e. The molecule has 3 aromatic carbocycles. The molecular weight excluding hydrogens is 494 g/mol. The highest BCUT2D eigenvalue weighted by atomic mass is 16.2. The molecule has 6 aromatic rings. The number of carbonyl (C=O) groups is 1. The van der Waals surface area contributed by atoms with E-state index < -0.39 is 5.54 Å². The minimum atomic E-state index is -0.691. The first-order chi connectivity index (χ1) is 19.7. The van der Waals surface area contributed by atoms with Gasteiger partial charge >= 0.3 is 0 Å². The molecule has 1 aliphatic rings. The van der Waals surface area contributed by atoms with Crippen molar-refractivity contribution in [2.24, 2.45) is 0 Å². The average Bonchev–Trinajstić information content (AvgIpc) is 3.80. The Morgan fingerprint density at radius 2 is 1.35 bits per heavy atom. The number of benzene rings is 3. The minimum absolute atomic E-state index is 0.0472. The first kappa shape index (κ1) is 24.1. The van der Waals surface area contributed by atoms with Gasteiger partial charge in [-0.15, -0.1) is 0 Å². The smallest absolute Gasteiger partial charge is 0.255 e. The topological polar surface area (TPSA) is 66.8 Å². The molecule has 1 amide bonds. The van der Waals surface area contributed by atoms with Gasteiger partial charge in [0.1, 0.15) is 11.2 Å². The van der Waals surface area contributed by atoms with E-state index in [1.807, 2.05) is 41.6 Å². The molecule has 0 radical (unpaired) electrons. The van der Waals surface area contributed by atoms with Crippen LogP contribution in [0.4, 0.5) is 0 Å². The molecule has 0 bridgehead atoms. The zero-order valence-electron chi connectivity index (χ0n) is 22.1. The van der Waals surface area contributed by atoms with Crippen LogP contribution in [0, 0.1) is 0 Å². The number of nitrogens with zero attached hydrogens (tertiary/aromatic N) is 4. The Balaban J connectivity index is 1.40. The zero-order valence-corrected chi connectivity index (χ0v) is 22.1. The number of hydrogen-bond donors (Lipinski definition) is 1. The highest BCUT2D eigenvalue weighted by molar-refractivity contribution is 6.01. The summed E-state index contributed by atoms with van der Waals surface area (Å²) < 4.78 is 2.06. The second kappa shape index (κ2) is 9.97. The molecule has 0 atom stereocenters. The third-order valence-electron chi connectivity index (χ3n) is 7.98. The van der Waals surface area contributed by atoms with Gasteiger partial charge in [-0.25, -0.2) is 4.98 Å². The van der Waals surface area contributed by atoms with Crippen LogP contribution in [0.1, 0.15) is 39.9 Å². The number of nitrogens with one attached hydrogen (secondary N) is 1. The fraction of sp³-hybridized carbons (Fsp3) is 0.147. The van der Waals surface area contributed by atoms with Gasteiger partial charge in [0.15, 0.2) is 0 Å². The van der Waals surface area contributed by atoms with E-state index in [1.54, 1.807) is 6.20 Å². The van der Waals surface area contributed by atoms with E-state index in [1.165, 1.54) is 0 Å². The molecule has 0 spiro atoms. The van der Waals surface area contributed by atoms with E-state index in [9.17, 15) is 4.79 Å². The van der Waals surface area contributed by atoms with Gasteiger partial charge in [-0.3, -0.25) is 9.48 Å². The molecule has 1 saturated heterocycles. The van der Waals surface area contributed by atoms with Crippen molar-refractivity contribution < 1.29 is 4.79 Å². The number of fused-ring (bicyclic) bond motifs is 1. The quantitative estimate of drug-likeness (QED) is 0.253. The van der Waals surface area contributed by atoms with Crippen molar-refractivity contribution in [3.05, 3.63) is 144 Å². The number of likely N-dealkylation sites (tertiary alicyclic amines) is 1. The maximum Gasteiger partial charge on any atom is 0.255 e. The maximum absolute atomic E-state index is 13.1. The van der Waals surface area contributed by atoms with Crippen molar-refractivity contribution in [2.75, 3.05) is 13.1 Å². The maximum atomic E-state index is 13.1. The third-order valence-corrected chi connectivity index (χ3v) is 7.98. The van der Waals surface area contributed by atoms with Crippen LogP contribution in [0.25, 0.3) is 22.2 Å². The number of carbonyl (C=O) groups excluding carboxylic acids is 1. The number of aromatic nitrogens is 4. The molecule has 1 N–H and O–H groups in total. The molecule has 40 heavy (non-hydrogen) atoms. The van der Waals surface area contributed by atoms with Crippen molar-refractivity contribution in [3.63, 3.8) is 0 Å². The molecule has 0 aliphatic carbocycles. The Bertz CT molecular complexity index is 1670. The fourth-order valence-corrected chi connectivity index (χ4v) is 6.04. The predicted octanol–water partition coefficient (Wildman–Crippen LogP) is 6.50. The number of pyridine rings is 1. The summed E-state index contributed by atoms with van der Waals surface area (Å²) in [5, 5.41) is 5.92. The van der Waals surface area contributed by atoms with Crippen LogP contribution < -0.4 is 0 Å². The van der Waals surface area contributed by atoms with Gasteiger partial charge in [-0.1, -0.05) is 91.0 Å². The SMILES string of the molecule is O=C(c1cnc2[nH]cc(-c3cnn(C(c4ccccc4)(c4ccccc4)c4ccccc4)c3)c2c1)N1CCCC1. The van der Waals surface area contributed by atoms with E-state index in [2.05, 4.69) is 93.6 Å². The molecule has 6 heteroatoms. The van der Waals surface area contributed by atoms with Crippen LogP contribution in [0.15, 0.2) is 122 Å². The summed E-state index contributed by atoms with van der Waals surface area (Å²) in [5.41, 5.74) is 5.93. The molecule has 1 aliphatic heterocycles. The molecule has 0 saturated carbocycles. The Morgan fingerprint density at radius 1 is 0.775 bits per heavy atom. The molecule has 196 valence electrons. The molecule has 1 fully saturated rings. The summed E-state index contributed by atoms with van der Waals surface area (Å²) in [6.45, 7) is 1.62. The highest BCUT2D eigenvalue weighted by Crippen LogP contribution is 2.41. The second-order valence-electron chi connectivity index (χ2n) is 10.3. The van der Waals surface area contributed by atoms with Crippen LogP contribution in [-0.4, -0.2) is 43.6 Å². The lowest BCUT2D eigenvalue weighted by molar-refractivity contribution is 0.0792. The lowest BCUT2D eigenvalue weighted by Gasteiger charge is -2.36. The first-order valence-corrected chi connectivity index (χ1v) is 13.7. The summed E-state index contributed by atoms with van der Waals surface area (Å²) in [6.07, 6.45) is 9.76. The standard InChI is InChI=1S/C34H29N5O/c40-33(38-18-10-11-19-38)25-20-30-31(23-36-32(30)35-21-25)26-22-37-39(24-26)34(27-12-4-1-5-13-27,28-14-6-2-7-15-28)29-16-8-3-9-17-29/h1-9,12-17,20-24H,10-11,18-19H2,(H,35,36). The highest BCUT2D eigenvalue weighted by Gasteiger charge is 2.39. The fourth-order valence-electron chi connectivity index (χ4n) is 6.04. The Labute approximate surface area is 232 Å². The van der Waals surface area contributed by atoms with Crippen LogP contribution in [0.2, 0.25) is 0 Å². The normalized spacial score (nSPS) is 13.7. The van der Waals surface area contributed by atoms with Crippen LogP contribution >= 0.6 is 0 Å². The summed E-state index contributed by atoms with van der Waals surface area (Å²) in [4.78, 5) is 22.9. The predicted molar refractivity (Wildman–Crippen MR) is 157 cm³/mol. The van der Waals surface area contributed by atoms with Gasteiger partial charge in [-0.05, 0) is 35.6 Å². The van der Waals surface area contributed by atoms with Crippen molar-refractivity contribution in [3.8, 4) is 11.1 Å². The monoisotopic (exact) mass is 523 g/mol. The van der Waals surface area contributed by atoms with E-state index in [-0.39, 0.29) is 5.91 Å². The van der Waals surface area contributed by atoms with E-state index >= 15 is 0 Å². The van der Waals surface area contributed by atoms with Crippen molar-refractivity contribution >= 4 is 16.9 Å². The molecule has 7 rings (SSSR count). The number of hydrogen-bond acceptors (Lipinski definition) is 3. The Kier molecular flexibility index (Phi) is 6.00. The van der Waals surface area contributed by atoms with Gasteiger partial charge < -0.3 is 9.88 Å². The van der Waals surface area contributed by atoms with E-state index in [0.717, 1.165) is 64.8 Å². The van der Waals surface area contributed by atoms with Crippen LogP contribution in [-0.2, 0) is 5.54 Å². The summed E-state index contributed by atoms with van der Waals surface area (Å²) in [6, 6.07) is 33.5. The zero-order chi connectivity index (χ0) is 26.9. The first-order valence-electron chi connectivity index (χ1n) is 13.7. The number of rotatable bonds is 6. The van der Waals surface area contributed by atoms with Gasteiger partial charge in [0.2, 0.25) is 0 Å². The van der Waals surface area contributed by atoms with E-state index in [0.29, 0.717) is 5.56 Å². The van der Waals surface area contributed by atoms with Gasteiger partial charge in [0, 0.05) is 48.2 Å². The van der Waals surface area contributed by atoms with Crippen molar-refractivity contribution in [1.29, 1.82) is 0 Å². The summed E-state index contributed by atoms with van der Waals surface area (Å²) >= 11 is 0. The molecule has 0 unspecified atom stereocenters. The van der Waals surface area contributed by atoms with Crippen LogP contribution in [0.5, 0.6) is 0 Å². The molecule has 4 heterocycles. The van der Waals surface area contributed by atoms with Gasteiger partial charge in [-0.2, -0.15) is 5.10 Å². The summed E-state index contributed by atoms with van der Waals surface area (Å²) in [7, 11) is 0. The lowest BCUT2D eigenvalue weighted by Crippen LogP contribution is -2.38. The van der Waals surface area contributed by atoms with E-state index in [4.69, 9.17) is 5.10 Å². The summed E-state index contributed by atoms with van der Waals surface area (Å²) in [5.74, 6) is 0.0472.